The smallest absolute Gasteiger partial charge is 0.171 e. The van der Waals surface area contributed by atoms with E-state index in [2.05, 4.69) is 33.8 Å². The highest BCUT2D eigenvalue weighted by molar-refractivity contribution is 5.26. The molecule has 4 aliphatic carbocycles. The van der Waals surface area contributed by atoms with Gasteiger partial charge in [-0.15, -0.1) is 0 Å². The average Bonchev–Trinajstić information content (AvgIpc) is 3.16. The average molecular weight is 415 g/mol. The molecule has 3 heteroatoms. The van der Waals surface area contributed by atoms with Gasteiger partial charge >= 0.3 is 0 Å². The fourth-order valence-corrected chi connectivity index (χ4v) is 9.66. The van der Waals surface area contributed by atoms with Crippen LogP contribution in [-0.2, 0) is 9.47 Å². The van der Waals surface area contributed by atoms with Gasteiger partial charge in [0.05, 0.1) is 18.8 Å². The van der Waals surface area contributed by atoms with Crippen LogP contribution in [0.1, 0.15) is 85.5 Å². The summed E-state index contributed by atoms with van der Waals surface area (Å²) in [5, 5.41) is 10.3. The number of allylic oxidation sites excluding steroid dienone is 1. The van der Waals surface area contributed by atoms with Gasteiger partial charge < -0.3 is 14.6 Å². The standard InChI is InChI=1S/C27H42O3/c1-16-7-12-27(29-15-16)17(2)24-23(30-27)14-22-20-6-5-18-13-19(28)8-10-25(18,3)21(20)9-11-26(22,24)4/h5,16-17,19-24,28H,6-15H2,1-4H3/t16-,17+,19+,20-,21-,22+,23+,24-,25+,26+,27+/m1/s1. The Bertz CT molecular complexity index is 736. The second kappa shape index (κ2) is 6.58. The van der Waals surface area contributed by atoms with Crippen LogP contribution in [-0.4, -0.2) is 29.7 Å². The number of ether oxygens (including phenoxy) is 2. The van der Waals surface area contributed by atoms with E-state index in [-0.39, 0.29) is 11.9 Å². The second-order valence-electron chi connectivity index (χ2n) is 12.7. The topological polar surface area (TPSA) is 38.7 Å². The quantitative estimate of drug-likeness (QED) is 0.516. The summed E-state index contributed by atoms with van der Waals surface area (Å²) >= 11 is 0. The minimum atomic E-state index is -0.294. The van der Waals surface area contributed by atoms with Crippen LogP contribution >= 0.6 is 0 Å². The molecule has 2 heterocycles. The minimum Gasteiger partial charge on any atom is -0.393 e. The number of aliphatic hydroxyl groups is 1. The van der Waals surface area contributed by atoms with Crippen molar-refractivity contribution in [3.05, 3.63) is 11.6 Å². The summed E-state index contributed by atoms with van der Waals surface area (Å²) < 4.78 is 13.3. The second-order valence-corrected chi connectivity index (χ2v) is 12.7. The predicted molar refractivity (Wildman–Crippen MR) is 118 cm³/mol. The first kappa shape index (κ1) is 20.2. The lowest BCUT2D eigenvalue weighted by Crippen LogP contribution is -2.52. The van der Waals surface area contributed by atoms with Gasteiger partial charge in [0.2, 0.25) is 0 Å². The summed E-state index contributed by atoms with van der Waals surface area (Å²) in [5.41, 5.74) is 2.31. The Labute approximate surface area is 183 Å². The molecule has 0 radical (unpaired) electrons. The first-order chi connectivity index (χ1) is 14.3. The summed E-state index contributed by atoms with van der Waals surface area (Å²) in [6.07, 6.45) is 13.5. The van der Waals surface area contributed by atoms with Crippen LogP contribution in [0, 0.1) is 46.3 Å². The maximum atomic E-state index is 10.3. The first-order valence-electron chi connectivity index (χ1n) is 13.0. The Kier molecular flexibility index (Phi) is 4.44. The van der Waals surface area contributed by atoms with Crippen molar-refractivity contribution >= 4 is 0 Å². The van der Waals surface area contributed by atoms with E-state index in [1.54, 1.807) is 5.57 Å². The van der Waals surface area contributed by atoms with Crippen LogP contribution in [0.5, 0.6) is 0 Å². The molecule has 0 unspecified atom stereocenters. The molecule has 6 rings (SSSR count). The third-order valence-electron chi connectivity index (χ3n) is 11.3. The van der Waals surface area contributed by atoms with E-state index in [1.807, 2.05) is 0 Å². The van der Waals surface area contributed by atoms with Crippen molar-refractivity contribution in [3.8, 4) is 0 Å². The van der Waals surface area contributed by atoms with Gasteiger partial charge in [-0.2, -0.15) is 0 Å². The molecule has 30 heavy (non-hydrogen) atoms. The van der Waals surface area contributed by atoms with Crippen LogP contribution in [0.3, 0.4) is 0 Å². The lowest BCUT2D eigenvalue weighted by atomic mass is 9.47. The van der Waals surface area contributed by atoms with Gasteiger partial charge in [-0.05, 0) is 91.8 Å². The van der Waals surface area contributed by atoms with Gasteiger partial charge in [0.25, 0.3) is 0 Å². The van der Waals surface area contributed by atoms with Gasteiger partial charge in [-0.3, -0.25) is 0 Å². The van der Waals surface area contributed by atoms with E-state index in [0.29, 0.717) is 34.7 Å². The normalized spacial score (nSPS) is 59.8. The zero-order valence-corrected chi connectivity index (χ0v) is 19.5. The molecule has 0 amide bonds. The zero-order valence-electron chi connectivity index (χ0n) is 19.5. The van der Waals surface area contributed by atoms with Crippen molar-refractivity contribution in [2.45, 2.75) is 103 Å². The van der Waals surface area contributed by atoms with E-state index in [0.717, 1.165) is 43.6 Å². The number of fused-ring (bicyclic) bond motifs is 7. The van der Waals surface area contributed by atoms with E-state index >= 15 is 0 Å². The molecule has 11 atom stereocenters. The SMILES string of the molecule is C[C@@H]1CC[C@]2(OC1)O[C@H]1C[C@H]3[C@@H]4CC=C5C[C@@H](O)CC[C@]5(C)[C@@H]4CC[C@]3(C)[C@@H]1[C@@H]2C. The van der Waals surface area contributed by atoms with Crippen LogP contribution in [0.25, 0.3) is 0 Å². The molecule has 5 fully saturated rings. The number of rotatable bonds is 0. The van der Waals surface area contributed by atoms with Crippen molar-refractivity contribution in [3.63, 3.8) is 0 Å². The Morgan fingerprint density at radius 1 is 1.03 bits per heavy atom. The fourth-order valence-electron chi connectivity index (χ4n) is 9.66. The zero-order chi connectivity index (χ0) is 20.9. The van der Waals surface area contributed by atoms with Crippen molar-refractivity contribution in [2.75, 3.05) is 6.61 Å². The van der Waals surface area contributed by atoms with E-state index < -0.39 is 0 Å². The third kappa shape index (κ3) is 2.55. The van der Waals surface area contributed by atoms with E-state index in [4.69, 9.17) is 9.47 Å². The monoisotopic (exact) mass is 414 g/mol. The highest BCUT2D eigenvalue weighted by Gasteiger charge is 2.68. The molecule has 6 aliphatic rings. The molecule has 0 aromatic heterocycles. The van der Waals surface area contributed by atoms with Crippen molar-refractivity contribution < 1.29 is 14.6 Å². The van der Waals surface area contributed by atoms with Crippen LogP contribution in [0.2, 0.25) is 0 Å². The molecule has 0 bridgehead atoms. The molecule has 168 valence electrons. The lowest BCUT2D eigenvalue weighted by Gasteiger charge is -2.58. The molecule has 1 spiro atoms. The molecule has 2 saturated heterocycles. The third-order valence-corrected chi connectivity index (χ3v) is 11.3. The lowest BCUT2D eigenvalue weighted by molar-refractivity contribution is -0.272. The number of aliphatic hydroxyl groups excluding tert-OH is 1. The van der Waals surface area contributed by atoms with Gasteiger partial charge in [0.15, 0.2) is 5.79 Å². The van der Waals surface area contributed by atoms with Crippen molar-refractivity contribution in [2.24, 2.45) is 46.3 Å². The minimum absolute atomic E-state index is 0.107. The number of hydrogen-bond donors (Lipinski definition) is 1. The Morgan fingerprint density at radius 3 is 2.63 bits per heavy atom. The molecule has 2 aliphatic heterocycles. The van der Waals surface area contributed by atoms with Gasteiger partial charge in [-0.25, -0.2) is 0 Å². The Hall–Kier alpha value is -0.380. The van der Waals surface area contributed by atoms with E-state index in [9.17, 15) is 5.11 Å². The molecule has 0 aromatic carbocycles. The van der Waals surface area contributed by atoms with Gasteiger partial charge in [-0.1, -0.05) is 39.3 Å². The van der Waals surface area contributed by atoms with Gasteiger partial charge in [0, 0.05) is 12.3 Å². The summed E-state index contributed by atoms with van der Waals surface area (Å²) in [7, 11) is 0. The van der Waals surface area contributed by atoms with Crippen LogP contribution < -0.4 is 0 Å². The summed E-state index contributed by atoms with van der Waals surface area (Å²) in [6, 6.07) is 0. The molecule has 0 aromatic rings. The van der Waals surface area contributed by atoms with Gasteiger partial charge in [0.1, 0.15) is 0 Å². The predicted octanol–water partition coefficient (Wildman–Crippen LogP) is 5.71. The molecular formula is C27H42O3. The fraction of sp³-hybridized carbons (Fsp3) is 0.926. The maximum Gasteiger partial charge on any atom is 0.171 e. The molecule has 3 saturated carbocycles. The molecular weight excluding hydrogens is 372 g/mol. The highest BCUT2D eigenvalue weighted by atomic mass is 16.7. The molecule has 3 nitrogen and oxygen atoms in total. The molecule has 1 N–H and O–H groups in total. The first-order valence-corrected chi connectivity index (χ1v) is 13.0. The van der Waals surface area contributed by atoms with Crippen LogP contribution in [0.4, 0.5) is 0 Å². The summed E-state index contributed by atoms with van der Waals surface area (Å²) in [5.74, 6) is 3.94. The Morgan fingerprint density at radius 2 is 1.87 bits per heavy atom. The van der Waals surface area contributed by atoms with Crippen molar-refractivity contribution in [1.29, 1.82) is 0 Å². The summed E-state index contributed by atoms with van der Waals surface area (Å²) in [6.45, 7) is 10.8. The Balaban J connectivity index is 1.28. The maximum absolute atomic E-state index is 10.3. The van der Waals surface area contributed by atoms with E-state index in [1.165, 1.54) is 38.5 Å². The number of hydrogen-bond acceptors (Lipinski definition) is 3. The van der Waals surface area contributed by atoms with Crippen molar-refractivity contribution in [1.82, 2.24) is 0 Å². The highest BCUT2D eigenvalue weighted by Crippen LogP contribution is 2.70. The summed E-state index contributed by atoms with van der Waals surface area (Å²) in [4.78, 5) is 0. The van der Waals surface area contributed by atoms with Crippen LogP contribution in [0.15, 0.2) is 11.6 Å². The largest absolute Gasteiger partial charge is 0.393 e.